The highest BCUT2D eigenvalue weighted by molar-refractivity contribution is 6.08. The SMILES string of the molecule is c1ccc(-c2c3c(c(-c4ccccc4)c4ccccc24)C2OC2C2OC32)cc1. The van der Waals surface area contributed by atoms with Gasteiger partial charge >= 0.3 is 0 Å². The van der Waals surface area contributed by atoms with E-state index in [1.165, 1.54) is 44.2 Å². The summed E-state index contributed by atoms with van der Waals surface area (Å²) in [5.41, 5.74) is 7.81. The first-order chi connectivity index (χ1) is 13.9. The predicted molar refractivity (Wildman–Crippen MR) is 110 cm³/mol. The van der Waals surface area contributed by atoms with Crippen LogP contribution in [0.5, 0.6) is 0 Å². The third-order valence-corrected chi connectivity index (χ3v) is 6.36. The normalized spacial score (nSPS) is 26.3. The summed E-state index contributed by atoms with van der Waals surface area (Å²) in [5.74, 6) is 0. The van der Waals surface area contributed by atoms with Crippen LogP contribution in [0.25, 0.3) is 33.0 Å². The van der Waals surface area contributed by atoms with Crippen LogP contribution in [0, 0.1) is 0 Å². The molecule has 4 unspecified atom stereocenters. The molecule has 0 N–H and O–H groups in total. The van der Waals surface area contributed by atoms with E-state index in [2.05, 4.69) is 84.9 Å². The Labute approximate surface area is 163 Å². The highest BCUT2D eigenvalue weighted by atomic mass is 16.7. The van der Waals surface area contributed by atoms with Gasteiger partial charge in [0, 0.05) is 0 Å². The van der Waals surface area contributed by atoms with Crippen molar-refractivity contribution in [1.82, 2.24) is 0 Å². The number of fused-ring (bicyclic) bond motifs is 7. The monoisotopic (exact) mass is 362 g/mol. The van der Waals surface area contributed by atoms with E-state index >= 15 is 0 Å². The van der Waals surface area contributed by atoms with Crippen molar-refractivity contribution >= 4 is 10.8 Å². The van der Waals surface area contributed by atoms with E-state index < -0.39 is 0 Å². The maximum absolute atomic E-state index is 6.14. The molecule has 2 fully saturated rings. The second-order valence-electron chi connectivity index (χ2n) is 7.90. The molecular formula is C26H18O2. The predicted octanol–water partition coefficient (Wildman–Crippen LogP) is 6.07. The van der Waals surface area contributed by atoms with Gasteiger partial charge in [-0.05, 0) is 44.2 Å². The molecule has 3 aliphatic rings. The van der Waals surface area contributed by atoms with E-state index in [0.717, 1.165) is 0 Å². The zero-order valence-corrected chi connectivity index (χ0v) is 15.2. The quantitative estimate of drug-likeness (QED) is 0.405. The van der Waals surface area contributed by atoms with Crippen molar-refractivity contribution in [3.05, 3.63) is 96.1 Å². The summed E-state index contributed by atoms with van der Waals surface area (Å²) in [4.78, 5) is 0. The van der Waals surface area contributed by atoms with Crippen molar-refractivity contribution in [1.29, 1.82) is 0 Å². The number of benzene rings is 4. The van der Waals surface area contributed by atoms with Crippen molar-refractivity contribution < 1.29 is 9.47 Å². The Hall–Kier alpha value is -2.94. The summed E-state index contributed by atoms with van der Waals surface area (Å²) in [5, 5.41) is 2.58. The lowest BCUT2D eigenvalue weighted by Crippen LogP contribution is -2.11. The fourth-order valence-electron chi connectivity index (χ4n) is 5.11. The second-order valence-corrected chi connectivity index (χ2v) is 7.90. The van der Waals surface area contributed by atoms with E-state index in [1.54, 1.807) is 0 Å². The maximum atomic E-state index is 6.14. The molecule has 0 saturated carbocycles. The Morgan fingerprint density at radius 2 is 0.857 bits per heavy atom. The smallest absolute Gasteiger partial charge is 0.118 e. The summed E-state index contributed by atoms with van der Waals surface area (Å²) in [6.07, 6.45) is 0.761. The van der Waals surface area contributed by atoms with Crippen LogP contribution in [0.15, 0.2) is 84.9 Å². The molecule has 0 spiro atoms. The number of hydrogen-bond acceptors (Lipinski definition) is 2. The minimum absolute atomic E-state index is 0.154. The average Bonchev–Trinajstić information content (AvgIpc) is 3.66. The largest absolute Gasteiger partial charge is 0.362 e. The first kappa shape index (κ1) is 15.0. The van der Waals surface area contributed by atoms with Crippen molar-refractivity contribution in [2.24, 2.45) is 0 Å². The molecule has 4 atom stereocenters. The molecule has 2 nitrogen and oxygen atoms in total. The molecule has 0 aromatic heterocycles. The summed E-state index contributed by atoms with van der Waals surface area (Å²) in [6.45, 7) is 0. The molecule has 4 aromatic carbocycles. The molecule has 2 heteroatoms. The highest BCUT2D eigenvalue weighted by Gasteiger charge is 2.65. The number of rotatable bonds is 2. The van der Waals surface area contributed by atoms with Crippen LogP contribution in [0.1, 0.15) is 23.3 Å². The van der Waals surface area contributed by atoms with Crippen LogP contribution < -0.4 is 0 Å². The summed E-state index contributed by atoms with van der Waals surface area (Å²) in [7, 11) is 0. The molecular weight excluding hydrogens is 344 g/mol. The van der Waals surface area contributed by atoms with E-state index in [0.29, 0.717) is 0 Å². The topological polar surface area (TPSA) is 25.1 Å². The van der Waals surface area contributed by atoms with Crippen molar-refractivity contribution in [3.63, 3.8) is 0 Å². The Kier molecular flexibility index (Phi) is 2.85. The fraction of sp³-hybridized carbons (Fsp3) is 0.154. The van der Waals surface area contributed by atoms with E-state index in [4.69, 9.17) is 9.47 Å². The standard InChI is InChI=1S/C26H18O2/c1-3-9-15(10-4-1)19-17-13-7-8-14-18(17)20(16-11-5-2-6-12-16)22-21(19)23-25(27-23)26-24(22)28-26/h1-14,23-26H. The first-order valence-corrected chi connectivity index (χ1v) is 9.92. The molecule has 2 aliphatic heterocycles. The molecule has 0 amide bonds. The van der Waals surface area contributed by atoms with Gasteiger partial charge in [0.15, 0.2) is 0 Å². The van der Waals surface area contributed by atoms with Crippen molar-refractivity contribution in [3.8, 4) is 22.3 Å². The minimum atomic E-state index is 0.154. The van der Waals surface area contributed by atoms with E-state index in [1.807, 2.05) is 0 Å². The van der Waals surface area contributed by atoms with Gasteiger partial charge in [0.2, 0.25) is 0 Å². The average molecular weight is 362 g/mol. The molecule has 7 rings (SSSR count). The van der Waals surface area contributed by atoms with Gasteiger partial charge in [0.05, 0.1) is 0 Å². The van der Waals surface area contributed by atoms with E-state index in [9.17, 15) is 0 Å². The lowest BCUT2D eigenvalue weighted by atomic mass is 9.78. The molecule has 1 aliphatic carbocycles. The molecule has 0 bridgehead atoms. The summed E-state index contributed by atoms with van der Waals surface area (Å²) >= 11 is 0. The second kappa shape index (κ2) is 5.32. The Morgan fingerprint density at radius 3 is 1.29 bits per heavy atom. The van der Waals surface area contributed by atoms with Crippen LogP contribution >= 0.6 is 0 Å². The third-order valence-electron chi connectivity index (χ3n) is 6.36. The molecule has 134 valence electrons. The fourth-order valence-corrected chi connectivity index (χ4v) is 5.11. The zero-order chi connectivity index (χ0) is 18.2. The van der Waals surface area contributed by atoms with Crippen molar-refractivity contribution in [2.75, 3.05) is 0 Å². The Bertz CT molecular complexity index is 1130. The lowest BCUT2D eigenvalue weighted by molar-refractivity contribution is 0.304. The lowest BCUT2D eigenvalue weighted by Gasteiger charge is -2.23. The minimum Gasteiger partial charge on any atom is -0.362 e. The summed E-state index contributed by atoms with van der Waals surface area (Å²) < 4.78 is 12.3. The van der Waals surface area contributed by atoms with Gasteiger partial charge < -0.3 is 9.47 Å². The van der Waals surface area contributed by atoms with Gasteiger partial charge in [-0.2, -0.15) is 0 Å². The molecule has 2 heterocycles. The first-order valence-electron chi connectivity index (χ1n) is 9.92. The Morgan fingerprint density at radius 1 is 0.464 bits per heavy atom. The van der Waals surface area contributed by atoms with Crippen molar-refractivity contribution in [2.45, 2.75) is 24.4 Å². The van der Waals surface area contributed by atoms with Gasteiger partial charge in [-0.15, -0.1) is 0 Å². The molecule has 2 saturated heterocycles. The Balaban J connectivity index is 1.67. The van der Waals surface area contributed by atoms with Gasteiger partial charge in [-0.25, -0.2) is 0 Å². The number of epoxide rings is 2. The van der Waals surface area contributed by atoms with Gasteiger partial charge in [-0.1, -0.05) is 84.9 Å². The highest BCUT2D eigenvalue weighted by Crippen LogP contribution is 2.65. The number of hydrogen-bond donors (Lipinski definition) is 0. The third kappa shape index (κ3) is 1.94. The van der Waals surface area contributed by atoms with Gasteiger partial charge in [0.25, 0.3) is 0 Å². The van der Waals surface area contributed by atoms with Gasteiger partial charge in [-0.3, -0.25) is 0 Å². The van der Waals surface area contributed by atoms with Gasteiger partial charge in [0.1, 0.15) is 24.4 Å². The van der Waals surface area contributed by atoms with Crippen LogP contribution in [0.2, 0.25) is 0 Å². The van der Waals surface area contributed by atoms with Crippen LogP contribution in [-0.4, -0.2) is 12.2 Å². The molecule has 28 heavy (non-hydrogen) atoms. The zero-order valence-electron chi connectivity index (χ0n) is 15.2. The summed E-state index contributed by atoms with van der Waals surface area (Å²) in [6, 6.07) is 30.2. The van der Waals surface area contributed by atoms with E-state index in [-0.39, 0.29) is 24.4 Å². The molecule has 4 aromatic rings. The van der Waals surface area contributed by atoms with Crippen LogP contribution in [0.3, 0.4) is 0 Å². The van der Waals surface area contributed by atoms with Crippen LogP contribution in [-0.2, 0) is 9.47 Å². The number of ether oxygens (including phenoxy) is 2. The maximum Gasteiger partial charge on any atom is 0.118 e. The van der Waals surface area contributed by atoms with Crippen LogP contribution in [0.4, 0.5) is 0 Å². The molecule has 0 radical (unpaired) electrons.